The van der Waals surface area contributed by atoms with Crippen molar-refractivity contribution in [1.29, 1.82) is 0 Å². The number of anilines is 2. The van der Waals surface area contributed by atoms with Gasteiger partial charge in [-0.25, -0.2) is 8.42 Å². The van der Waals surface area contributed by atoms with Gasteiger partial charge in [0.1, 0.15) is 0 Å². The molecule has 1 aliphatic heterocycles. The molecule has 0 saturated heterocycles. The SMILES string of the molecule is Nc1ccnc(CN2c3ccccc3CN(S(=O)(=O)C(F)(F)F)CC2C2CCCC2)c1. The molecule has 31 heavy (non-hydrogen) atoms. The lowest BCUT2D eigenvalue weighted by Crippen LogP contribution is -2.49. The minimum atomic E-state index is -5.46. The van der Waals surface area contributed by atoms with E-state index in [4.69, 9.17) is 5.73 Å². The van der Waals surface area contributed by atoms with E-state index in [0.29, 0.717) is 27.8 Å². The Morgan fingerprint density at radius 2 is 1.84 bits per heavy atom. The fraction of sp³-hybridized carbons (Fsp3) is 0.476. The number of pyridine rings is 1. The van der Waals surface area contributed by atoms with Crippen LogP contribution in [0.2, 0.25) is 0 Å². The Hall–Kier alpha value is -2.33. The number of halogens is 3. The zero-order chi connectivity index (χ0) is 22.2. The molecule has 0 spiro atoms. The molecular formula is C21H25F3N4O2S. The fourth-order valence-corrected chi connectivity index (χ4v) is 5.65. The number of alkyl halides is 3. The van der Waals surface area contributed by atoms with Crippen LogP contribution in [0.15, 0.2) is 42.6 Å². The van der Waals surface area contributed by atoms with Crippen molar-refractivity contribution in [3.8, 4) is 0 Å². The number of sulfonamides is 1. The molecule has 1 aliphatic carbocycles. The lowest BCUT2D eigenvalue weighted by atomic mass is 9.95. The highest BCUT2D eigenvalue weighted by molar-refractivity contribution is 7.89. The van der Waals surface area contributed by atoms with E-state index in [1.54, 1.807) is 30.5 Å². The molecule has 2 heterocycles. The second-order valence-corrected chi connectivity index (χ2v) is 10.1. The summed E-state index contributed by atoms with van der Waals surface area (Å²) in [6, 6.07) is 10.1. The lowest BCUT2D eigenvalue weighted by Gasteiger charge is -2.37. The largest absolute Gasteiger partial charge is 0.511 e. The fourth-order valence-electron chi connectivity index (χ4n) is 4.70. The van der Waals surface area contributed by atoms with E-state index in [-0.39, 0.29) is 19.0 Å². The van der Waals surface area contributed by atoms with Crippen LogP contribution in [0.25, 0.3) is 0 Å². The number of fused-ring (bicyclic) bond motifs is 1. The first-order valence-electron chi connectivity index (χ1n) is 10.3. The Bertz CT molecular complexity index is 1040. The van der Waals surface area contributed by atoms with Crippen molar-refractivity contribution in [1.82, 2.24) is 9.29 Å². The van der Waals surface area contributed by atoms with E-state index in [1.165, 1.54) is 0 Å². The van der Waals surface area contributed by atoms with Gasteiger partial charge in [-0.05, 0) is 42.5 Å². The molecule has 10 heteroatoms. The van der Waals surface area contributed by atoms with Crippen LogP contribution in [0.5, 0.6) is 0 Å². The van der Waals surface area contributed by atoms with E-state index in [9.17, 15) is 21.6 Å². The van der Waals surface area contributed by atoms with Crippen LogP contribution in [0, 0.1) is 5.92 Å². The number of hydrogen-bond acceptors (Lipinski definition) is 5. The average Bonchev–Trinajstić information content (AvgIpc) is 3.18. The van der Waals surface area contributed by atoms with Crippen LogP contribution < -0.4 is 10.6 Å². The molecular weight excluding hydrogens is 429 g/mol. The molecule has 6 nitrogen and oxygen atoms in total. The van der Waals surface area contributed by atoms with Gasteiger partial charge >= 0.3 is 15.5 Å². The van der Waals surface area contributed by atoms with Crippen LogP contribution in [-0.4, -0.2) is 35.8 Å². The number of nitrogens with two attached hydrogens (primary N) is 1. The molecule has 1 aromatic heterocycles. The first-order valence-corrected chi connectivity index (χ1v) is 11.7. The third-order valence-corrected chi connectivity index (χ3v) is 7.73. The van der Waals surface area contributed by atoms with Crippen LogP contribution in [0.1, 0.15) is 36.9 Å². The highest BCUT2D eigenvalue weighted by Crippen LogP contribution is 2.40. The Morgan fingerprint density at radius 1 is 1.13 bits per heavy atom. The van der Waals surface area contributed by atoms with Gasteiger partial charge in [-0.1, -0.05) is 31.0 Å². The summed E-state index contributed by atoms with van der Waals surface area (Å²) in [7, 11) is -5.46. The van der Waals surface area contributed by atoms with Crippen LogP contribution in [0.4, 0.5) is 24.5 Å². The zero-order valence-electron chi connectivity index (χ0n) is 16.9. The van der Waals surface area contributed by atoms with Crippen molar-refractivity contribution in [2.45, 2.75) is 50.3 Å². The normalized spacial score (nSPS) is 21.1. The maximum atomic E-state index is 13.5. The van der Waals surface area contributed by atoms with Crippen molar-refractivity contribution in [3.05, 3.63) is 53.9 Å². The molecule has 1 unspecified atom stereocenters. The first kappa shape index (κ1) is 21.9. The van der Waals surface area contributed by atoms with Gasteiger partial charge in [0.15, 0.2) is 0 Å². The number of hydrogen-bond donors (Lipinski definition) is 1. The van der Waals surface area contributed by atoms with E-state index in [0.717, 1.165) is 31.4 Å². The Balaban J connectivity index is 1.80. The molecule has 0 radical (unpaired) electrons. The van der Waals surface area contributed by atoms with Crippen molar-refractivity contribution < 1.29 is 21.6 Å². The first-order chi connectivity index (χ1) is 14.7. The highest BCUT2D eigenvalue weighted by Gasteiger charge is 2.52. The van der Waals surface area contributed by atoms with Gasteiger partial charge in [0.2, 0.25) is 0 Å². The van der Waals surface area contributed by atoms with E-state index in [2.05, 4.69) is 4.98 Å². The summed E-state index contributed by atoms with van der Waals surface area (Å²) < 4.78 is 65.7. The molecule has 2 aliphatic rings. The molecule has 168 valence electrons. The summed E-state index contributed by atoms with van der Waals surface area (Å²) in [5.41, 5.74) is 3.08. The Labute approximate surface area is 179 Å². The van der Waals surface area contributed by atoms with Crippen LogP contribution in [-0.2, 0) is 23.1 Å². The maximum absolute atomic E-state index is 13.5. The van der Waals surface area contributed by atoms with Gasteiger partial charge < -0.3 is 10.6 Å². The lowest BCUT2D eigenvalue weighted by molar-refractivity contribution is -0.0493. The molecule has 1 aromatic carbocycles. The van der Waals surface area contributed by atoms with E-state index in [1.807, 2.05) is 17.0 Å². The summed E-state index contributed by atoms with van der Waals surface area (Å²) in [6.45, 7) is -0.200. The molecule has 1 atom stereocenters. The van der Waals surface area contributed by atoms with Crippen molar-refractivity contribution in [2.75, 3.05) is 17.2 Å². The Kier molecular flexibility index (Phi) is 5.87. The van der Waals surface area contributed by atoms with Gasteiger partial charge in [0.25, 0.3) is 0 Å². The molecule has 0 bridgehead atoms. The highest BCUT2D eigenvalue weighted by atomic mass is 32.2. The monoisotopic (exact) mass is 454 g/mol. The molecule has 1 fully saturated rings. The third kappa shape index (κ3) is 4.36. The smallest absolute Gasteiger partial charge is 0.399 e. The van der Waals surface area contributed by atoms with Gasteiger partial charge in [0.05, 0.1) is 12.2 Å². The average molecular weight is 455 g/mol. The molecule has 2 aromatic rings. The summed E-state index contributed by atoms with van der Waals surface area (Å²) in [5, 5.41) is 0. The number of para-hydroxylation sites is 1. The van der Waals surface area contributed by atoms with Gasteiger partial charge in [0, 0.05) is 36.7 Å². The molecule has 1 saturated carbocycles. The minimum Gasteiger partial charge on any atom is -0.399 e. The zero-order valence-corrected chi connectivity index (χ0v) is 17.7. The van der Waals surface area contributed by atoms with Gasteiger partial charge in [-0.15, -0.1) is 0 Å². The summed E-state index contributed by atoms with van der Waals surface area (Å²) >= 11 is 0. The van der Waals surface area contributed by atoms with Gasteiger partial charge in [-0.3, -0.25) is 4.98 Å². The number of nitrogen functional groups attached to an aromatic ring is 1. The number of benzene rings is 1. The Morgan fingerprint density at radius 3 is 2.52 bits per heavy atom. The summed E-state index contributed by atoms with van der Waals surface area (Å²) in [5.74, 6) is 0.0955. The van der Waals surface area contributed by atoms with Crippen molar-refractivity contribution >= 4 is 21.4 Å². The van der Waals surface area contributed by atoms with Crippen molar-refractivity contribution in [3.63, 3.8) is 0 Å². The van der Waals surface area contributed by atoms with Gasteiger partial charge in [-0.2, -0.15) is 17.5 Å². The molecule has 0 amide bonds. The predicted octanol–water partition coefficient (Wildman–Crippen LogP) is 3.89. The summed E-state index contributed by atoms with van der Waals surface area (Å²) in [6.07, 6.45) is 5.28. The molecule has 2 N–H and O–H groups in total. The second kappa shape index (κ2) is 8.31. The van der Waals surface area contributed by atoms with Crippen LogP contribution in [0.3, 0.4) is 0 Å². The maximum Gasteiger partial charge on any atom is 0.511 e. The summed E-state index contributed by atoms with van der Waals surface area (Å²) in [4.78, 5) is 6.40. The predicted molar refractivity (Wildman–Crippen MR) is 112 cm³/mol. The number of rotatable bonds is 4. The topological polar surface area (TPSA) is 79.5 Å². The van der Waals surface area contributed by atoms with E-state index < -0.39 is 21.6 Å². The quantitative estimate of drug-likeness (QED) is 0.758. The minimum absolute atomic E-state index is 0.0955. The van der Waals surface area contributed by atoms with Crippen LogP contribution >= 0.6 is 0 Å². The van der Waals surface area contributed by atoms with E-state index >= 15 is 0 Å². The second-order valence-electron chi connectivity index (χ2n) is 8.19. The molecule has 4 rings (SSSR count). The third-order valence-electron chi connectivity index (χ3n) is 6.19. The van der Waals surface area contributed by atoms with Crippen molar-refractivity contribution in [2.24, 2.45) is 5.92 Å². The standard InChI is InChI=1S/C21H25F3N4O2S/c22-21(23,24)31(29,30)27-12-16-7-3-4-8-19(16)28(13-18-11-17(25)9-10-26-18)20(14-27)15-5-1-2-6-15/h3-4,7-11,15,20H,1-2,5-6,12-14H2,(H2,25,26). The number of aromatic nitrogens is 1. The number of nitrogens with zero attached hydrogens (tertiary/aromatic N) is 3.